The maximum atomic E-state index is 10.8. The van der Waals surface area contributed by atoms with Crippen molar-refractivity contribution in [1.29, 1.82) is 0 Å². The predicted molar refractivity (Wildman–Crippen MR) is 56.2 cm³/mol. The van der Waals surface area contributed by atoms with E-state index in [1.54, 1.807) is 24.3 Å². The van der Waals surface area contributed by atoms with Gasteiger partial charge in [0.2, 0.25) is 0 Å². The number of hydrogen-bond donors (Lipinski definition) is 1. The molecule has 0 spiro atoms. The molecule has 1 aromatic carbocycles. The summed E-state index contributed by atoms with van der Waals surface area (Å²) < 4.78 is 4.86. The van der Waals surface area contributed by atoms with Crippen molar-refractivity contribution in [1.82, 2.24) is 5.32 Å². The normalized spacial score (nSPS) is 8.64. The van der Waals surface area contributed by atoms with Gasteiger partial charge in [0.25, 0.3) is 0 Å². The molecular formula is C9H8N2O2S. The molecule has 1 rings (SSSR count). The van der Waals surface area contributed by atoms with Gasteiger partial charge in [-0.15, -0.1) is 0 Å². The minimum Gasteiger partial charge on any atom is -0.410 e. The van der Waals surface area contributed by atoms with Crippen molar-refractivity contribution in [2.45, 2.75) is 0 Å². The van der Waals surface area contributed by atoms with Gasteiger partial charge in [0.1, 0.15) is 5.75 Å². The average Bonchev–Trinajstić information content (AvgIpc) is 2.21. The summed E-state index contributed by atoms with van der Waals surface area (Å²) in [7, 11) is 1.49. The van der Waals surface area contributed by atoms with E-state index < -0.39 is 6.09 Å². The second-order valence-electron chi connectivity index (χ2n) is 2.34. The number of aliphatic imine (C=N–C) groups is 1. The summed E-state index contributed by atoms with van der Waals surface area (Å²) in [4.78, 5) is 14.6. The first kappa shape index (κ1) is 10.4. The molecule has 0 fully saturated rings. The van der Waals surface area contributed by atoms with E-state index in [0.29, 0.717) is 11.4 Å². The number of benzene rings is 1. The Labute approximate surface area is 86.6 Å². The highest BCUT2D eigenvalue weighted by atomic mass is 32.1. The highest BCUT2D eigenvalue weighted by molar-refractivity contribution is 7.78. The van der Waals surface area contributed by atoms with E-state index in [2.05, 4.69) is 27.7 Å². The van der Waals surface area contributed by atoms with Gasteiger partial charge in [0, 0.05) is 7.05 Å². The second-order valence-corrected chi connectivity index (χ2v) is 2.52. The summed E-state index contributed by atoms with van der Waals surface area (Å²) in [5.41, 5.74) is 0.671. The third-order valence-electron chi connectivity index (χ3n) is 1.43. The Morgan fingerprint density at radius 3 is 2.64 bits per heavy atom. The Balaban J connectivity index is 2.73. The number of thiocarbonyl (C=S) groups is 1. The van der Waals surface area contributed by atoms with Crippen LogP contribution in [0.25, 0.3) is 0 Å². The summed E-state index contributed by atoms with van der Waals surface area (Å²) in [6, 6.07) is 6.61. The molecule has 0 atom stereocenters. The zero-order valence-corrected chi connectivity index (χ0v) is 8.30. The molecule has 0 bridgehead atoms. The standard InChI is InChI=1S/C9H8N2O2S/c1-10-9(12)13-8-4-2-7(3-5-8)11-6-14/h2-5H,1H3,(H,10,12). The lowest BCUT2D eigenvalue weighted by molar-refractivity contribution is 0.203. The van der Waals surface area contributed by atoms with Crippen LogP contribution in [0, 0.1) is 0 Å². The summed E-state index contributed by atoms with van der Waals surface area (Å²) in [6.45, 7) is 0. The van der Waals surface area contributed by atoms with Crippen molar-refractivity contribution in [3.63, 3.8) is 0 Å². The van der Waals surface area contributed by atoms with Gasteiger partial charge < -0.3 is 10.1 Å². The van der Waals surface area contributed by atoms with E-state index >= 15 is 0 Å². The molecule has 0 saturated heterocycles. The van der Waals surface area contributed by atoms with Crippen LogP contribution in [0.2, 0.25) is 0 Å². The van der Waals surface area contributed by atoms with E-state index in [4.69, 9.17) is 4.74 Å². The number of carbonyl (C=O) groups excluding carboxylic acids is 1. The van der Waals surface area contributed by atoms with Crippen molar-refractivity contribution < 1.29 is 9.53 Å². The Bertz CT molecular complexity index is 369. The van der Waals surface area contributed by atoms with Gasteiger partial charge in [-0.05, 0) is 36.5 Å². The fourth-order valence-electron chi connectivity index (χ4n) is 0.799. The summed E-state index contributed by atoms with van der Waals surface area (Å²) in [6.07, 6.45) is -0.504. The van der Waals surface area contributed by atoms with Crippen LogP contribution in [0.1, 0.15) is 0 Å². The van der Waals surface area contributed by atoms with Gasteiger partial charge in [0.15, 0.2) is 0 Å². The van der Waals surface area contributed by atoms with E-state index in [-0.39, 0.29) is 0 Å². The predicted octanol–water partition coefficient (Wildman–Crippen LogP) is 2.14. The van der Waals surface area contributed by atoms with Crippen LogP contribution >= 0.6 is 12.2 Å². The Hall–Kier alpha value is -1.71. The van der Waals surface area contributed by atoms with Gasteiger partial charge in [-0.3, -0.25) is 0 Å². The number of ether oxygens (including phenoxy) is 1. The summed E-state index contributed by atoms with van der Waals surface area (Å²) >= 11 is 4.44. The van der Waals surface area contributed by atoms with Gasteiger partial charge in [-0.2, -0.15) is 4.99 Å². The van der Waals surface area contributed by atoms with E-state index in [1.165, 1.54) is 7.05 Å². The molecule has 0 unspecified atom stereocenters. The minimum atomic E-state index is -0.504. The number of rotatable bonds is 2. The van der Waals surface area contributed by atoms with Crippen LogP contribution in [0.3, 0.4) is 0 Å². The number of isothiocyanates is 1. The average molecular weight is 208 g/mol. The largest absolute Gasteiger partial charge is 0.412 e. The maximum absolute atomic E-state index is 10.8. The lowest BCUT2D eigenvalue weighted by Gasteiger charge is -2.02. The fraction of sp³-hybridized carbons (Fsp3) is 0.111. The van der Waals surface area contributed by atoms with Crippen LogP contribution in [0.4, 0.5) is 10.5 Å². The molecule has 72 valence electrons. The number of hydrogen-bond acceptors (Lipinski definition) is 4. The lowest BCUT2D eigenvalue weighted by atomic mass is 10.3. The summed E-state index contributed by atoms with van der Waals surface area (Å²) in [5, 5.41) is 4.58. The highest BCUT2D eigenvalue weighted by Gasteiger charge is 1.99. The number of amides is 1. The molecule has 0 aliphatic rings. The van der Waals surface area contributed by atoms with Crippen LogP contribution in [0.15, 0.2) is 29.3 Å². The first-order valence-electron chi connectivity index (χ1n) is 3.84. The SMILES string of the molecule is CNC(=O)Oc1ccc(N=C=S)cc1. The third kappa shape index (κ3) is 2.97. The van der Waals surface area contributed by atoms with E-state index in [9.17, 15) is 4.79 Å². The first-order valence-corrected chi connectivity index (χ1v) is 4.24. The first-order chi connectivity index (χ1) is 6.76. The second kappa shape index (κ2) is 5.11. The molecule has 1 N–H and O–H groups in total. The van der Waals surface area contributed by atoms with Gasteiger partial charge >= 0.3 is 6.09 Å². The van der Waals surface area contributed by atoms with Crippen molar-refractivity contribution in [2.75, 3.05) is 7.05 Å². The highest BCUT2D eigenvalue weighted by Crippen LogP contribution is 2.17. The summed E-state index contributed by atoms with van der Waals surface area (Å²) in [5.74, 6) is 0.452. The van der Waals surface area contributed by atoms with E-state index in [1.807, 2.05) is 0 Å². The zero-order valence-electron chi connectivity index (χ0n) is 7.48. The molecule has 14 heavy (non-hydrogen) atoms. The molecule has 5 heteroatoms. The topological polar surface area (TPSA) is 50.7 Å². The monoisotopic (exact) mass is 208 g/mol. The van der Waals surface area contributed by atoms with Crippen molar-refractivity contribution in [2.24, 2.45) is 4.99 Å². The van der Waals surface area contributed by atoms with Crippen LogP contribution in [0.5, 0.6) is 5.75 Å². The maximum Gasteiger partial charge on any atom is 0.412 e. The van der Waals surface area contributed by atoms with E-state index in [0.717, 1.165) is 0 Å². The molecule has 0 aromatic heterocycles. The van der Waals surface area contributed by atoms with Crippen molar-refractivity contribution >= 4 is 29.2 Å². The Kier molecular flexibility index (Phi) is 3.79. The van der Waals surface area contributed by atoms with Gasteiger partial charge in [-0.1, -0.05) is 0 Å². The molecule has 0 aliphatic carbocycles. The van der Waals surface area contributed by atoms with Crippen LogP contribution in [-0.2, 0) is 0 Å². The van der Waals surface area contributed by atoms with Gasteiger partial charge in [-0.25, -0.2) is 4.79 Å². The lowest BCUT2D eigenvalue weighted by Crippen LogP contribution is -2.21. The fourth-order valence-corrected chi connectivity index (χ4v) is 0.905. The quantitative estimate of drug-likeness (QED) is 0.598. The smallest absolute Gasteiger partial charge is 0.410 e. The van der Waals surface area contributed by atoms with Crippen molar-refractivity contribution in [3.8, 4) is 5.75 Å². The van der Waals surface area contributed by atoms with Crippen LogP contribution < -0.4 is 10.1 Å². The number of nitrogens with one attached hydrogen (secondary N) is 1. The molecule has 0 heterocycles. The number of carbonyl (C=O) groups is 1. The molecule has 0 saturated carbocycles. The van der Waals surface area contributed by atoms with Crippen LogP contribution in [-0.4, -0.2) is 18.3 Å². The molecular weight excluding hydrogens is 200 g/mol. The zero-order chi connectivity index (χ0) is 10.4. The Morgan fingerprint density at radius 2 is 2.14 bits per heavy atom. The molecule has 4 nitrogen and oxygen atoms in total. The minimum absolute atomic E-state index is 0.452. The Morgan fingerprint density at radius 1 is 1.50 bits per heavy atom. The van der Waals surface area contributed by atoms with Crippen molar-refractivity contribution in [3.05, 3.63) is 24.3 Å². The van der Waals surface area contributed by atoms with Gasteiger partial charge in [0.05, 0.1) is 10.8 Å². The number of nitrogens with zero attached hydrogens (tertiary/aromatic N) is 1. The molecule has 0 radical (unpaired) electrons. The molecule has 1 aromatic rings. The molecule has 1 amide bonds. The third-order valence-corrected chi connectivity index (χ3v) is 1.52. The molecule has 0 aliphatic heterocycles.